The molecule has 1 unspecified atom stereocenters. The maximum Gasteiger partial charge on any atom is 0.111 e. The smallest absolute Gasteiger partial charge is 0.111 e. The first kappa shape index (κ1) is 16.4. The second-order valence-electron chi connectivity index (χ2n) is 6.81. The van der Waals surface area contributed by atoms with Crippen LogP contribution in [0.3, 0.4) is 0 Å². The minimum Gasteiger partial charge on any atom is -0.341 e. The van der Waals surface area contributed by atoms with Gasteiger partial charge < -0.3 is 4.90 Å². The molecule has 0 saturated heterocycles. The number of allylic oxidation sites excluding steroid dienone is 2. The molecule has 128 valence electrons. The molecule has 2 aromatic carbocycles. The lowest BCUT2D eigenvalue weighted by molar-refractivity contribution is 0.127. The highest BCUT2D eigenvalue weighted by Gasteiger charge is 2.42. The first-order valence-electron chi connectivity index (χ1n) is 8.97. The molecule has 2 heterocycles. The number of nitrogens with zero attached hydrogens (tertiary/aromatic N) is 3. The number of rotatable bonds is 4. The average molecular weight is 339 g/mol. The molecular formula is C23H21N3. The molecule has 0 saturated carbocycles. The minimum absolute atomic E-state index is 0.179. The first-order chi connectivity index (χ1) is 12.8. The summed E-state index contributed by atoms with van der Waals surface area (Å²) in [6.07, 6.45) is 9.12. The van der Waals surface area contributed by atoms with Gasteiger partial charge in [0.15, 0.2) is 0 Å². The van der Waals surface area contributed by atoms with E-state index in [1.807, 2.05) is 42.6 Å². The SMILES string of the molecule is C=CCC1(c2ccc(C#N)cc2-c2ccccc2)CCC=C2C=NCN21. The Kier molecular flexibility index (Phi) is 4.18. The van der Waals surface area contributed by atoms with Crippen LogP contribution in [0.1, 0.15) is 30.4 Å². The second-order valence-corrected chi connectivity index (χ2v) is 6.81. The molecule has 3 nitrogen and oxygen atoms in total. The Morgan fingerprint density at radius 2 is 2.08 bits per heavy atom. The van der Waals surface area contributed by atoms with Crippen LogP contribution < -0.4 is 0 Å². The largest absolute Gasteiger partial charge is 0.341 e. The normalized spacial score (nSPS) is 21.0. The summed E-state index contributed by atoms with van der Waals surface area (Å²) >= 11 is 0. The van der Waals surface area contributed by atoms with Crippen molar-refractivity contribution in [2.24, 2.45) is 4.99 Å². The molecule has 0 fully saturated rings. The van der Waals surface area contributed by atoms with Crippen molar-refractivity contribution in [2.75, 3.05) is 6.67 Å². The lowest BCUT2D eigenvalue weighted by Gasteiger charge is -2.46. The van der Waals surface area contributed by atoms with E-state index in [-0.39, 0.29) is 5.54 Å². The lowest BCUT2D eigenvalue weighted by atomic mass is 9.75. The van der Waals surface area contributed by atoms with Crippen molar-refractivity contribution in [2.45, 2.75) is 24.8 Å². The van der Waals surface area contributed by atoms with E-state index < -0.39 is 0 Å². The van der Waals surface area contributed by atoms with Gasteiger partial charge in [-0.2, -0.15) is 5.26 Å². The van der Waals surface area contributed by atoms with Crippen molar-refractivity contribution in [3.63, 3.8) is 0 Å². The van der Waals surface area contributed by atoms with Crippen LogP contribution >= 0.6 is 0 Å². The van der Waals surface area contributed by atoms with Gasteiger partial charge in [0.05, 0.1) is 22.9 Å². The van der Waals surface area contributed by atoms with Gasteiger partial charge in [-0.1, -0.05) is 48.6 Å². The van der Waals surface area contributed by atoms with Crippen molar-refractivity contribution in [3.05, 3.63) is 84.1 Å². The molecular weight excluding hydrogens is 318 g/mol. The summed E-state index contributed by atoms with van der Waals surface area (Å²) in [6, 6.07) is 18.7. The van der Waals surface area contributed by atoms with E-state index in [4.69, 9.17) is 0 Å². The fraction of sp³-hybridized carbons (Fsp3) is 0.217. The zero-order valence-electron chi connectivity index (χ0n) is 14.7. The van der Waals surface area contributed by atoms with Crippen LogP contribution in [0, 0.1) is 11.3 Å². The van der Waals surface area contributed by atoms with Gasteiger partial charge >= 0.3 is 0 Å². The quantitative estimate of drug-likeness (QED) is 0.734. The predicted molar refractivity (Wildman–Crippen MR) is 106 cm³/mol. The summed E-state index contributed by atoms with van der Waals surface area (Å²) in [5.74, 6) is 0. The van der Waals surface area contributed by atoms with Crippen molar-refractivity contribution in [3.8, 4) is 17.2 Å². The Hall–Kier alpha value is -3.12. The highest BCUT2D eigenvalue weighted by molar-refractivity contribution is 5.81. The van der Waals surface area contributed by atoms with Gasteiger partial charge in [0, 0.05) is 6.21 Å². The monoisotopic (exact) mass is 339 g/mol. The van der Waals surface area contributed by atoms with Gasteiger partial charge in [0.1, 0.15) is 6.67 Å². The highest BCUT2D eigenvalue weighted by atomic mass is 15.3. The number of fused-ring (bicyclic) bond motifs is 1. The Balaban J connectivity index is 1.94. The highest BCUT2D eigenvalue weighted by Crippen LogP contribution is 2.47. The summed E-state index contributed by atoms with van der Waals surface area (Å²) in [7, 11) is 0. The molecule has 2 aliphatic rings. The number of aliphatic imine (C=N–C) groups is 1. The molecule has 26 heavy (non-hydrogen) atoms. The van der Waals surface area contributed by atoms with Crippen LogP contribution in [0.5, 0.6) is 0 Å². The Morgan fingerprint density at radius 1 is 1.23 bits per heavy atom. The van der Waals surface area contributed by atoms with Crippen LogP contribution in [-0.4, -0.2) is 17.8 Å². The van der Waals surface area contributed by atoms with Crippen LogP contribution in [0.25, 0.3) is 11.1 Å². The maximum atomic E-state index is 9.42. The number of nitriles is 1. The van der Waals surface area contributed by atoms with Crippen LogP contribution in [0.15, 0.2) is 78.0 Å². The van der Waals surface area contributed by atoms with Crippen LogP contribution in [0.4, 0.5) is 0 Å². The first-order valence-corrected chi connectivity index (χ1v) is 8.97. The summed E-state index contributed by atoms with van der Waals surface area (Å²) in [5, 5.41) is 9.42. The van der Waals surface area contributed by atoms with Crippen molar-refractivity contribution in [1.82, 2.24) is 4.90 Å². The van der Waals surface area contributed by atoms with Crippen LogP contribution in [-0.2, 0) is 5.54 Å². The summed E-state index contributed by atoms with van der Waals surface area (Å²) in [4.78, 5) is 6.91. The molecule has 3 heteroatoms. The van der Waals surface area contributed by atoms with E-state index in [0.29, 0.717) is 12.2 Å². The predicted octanol–water partition coefficient (Wildman–Crippen LogP) is 5.02. The fourth-order valence-corrected chi connectivity index (χ4v) is 4.22. The standard InChI is InChI=1S/C23H21N3/c1-2-12-23(13-6-9-20-16-25-17-26(20)23)22-11-10-18(15-24)14-21(22)19-7-4-3-5-8-19/h2-5,7-11,14,16H,1,6,12-13,17H2. The van der Waals surface area contributed by atoms with Gasteiger partial charge in [-0.15, -0.1) is 6.58 Å². The van der Waals surface area contributed by atoms with Gasteiger partial charge in [0.25, 0.3) is 0 Å². The molecule has 4 rings (SSSR count). The summed E-state index contributed by atoms with van der Waals surface area (Å²) in [5.41, 5.74) is 5.21. The molecule has 0 bridgehead atoms. The molecule has 0 radical (unpaired) electrons. The zero-order valence-corrected chi connectivity index (χ0v) is 14.7. The molecule has 0 aromatic heterocycles. The van der Waals surface area contributed by atoms with Crippen molar-refractivity contribution in [1.29, 1.82) is 5.26 Å². The topological polar surface area (TPSA) is 39.4 Å². The Morgan fingerprint density at radius 3 is 2.85 bits per heavy atom. The van der Waals surface area contributed by atoms with Gasteiger partial charge in [0.2, 0.25) is 0 Å². The van der Waals surface area contributed by atoms with E-state index in [9.17, 15) is 5.26 Å². The van der Waals surface area contributed by atoms with E-state index in [2.05, 4.69) is 46.8 Å². The van der Waals surface area contributed by atoms with E-state index in [1.54, 1.807) is 0 Å². The van der Waals surface area contributed by atoms with Crippen LogP contribution in [0.2, 0.25) is 0 Å². The Bertz CT molecular complexity index is 934. The molecule has 2 aromatic rings. The lowest BCUT2D eigenvalue weighted by Crippen LogP contribution is -2.46. The molecule has 2 aliphatic heterocycles. The number of hydrogen-bond acceptors (Lipinski definition) is 3. The molecule has 0 N–H and O–H groups in total. The zero-order chi connectivity index (χ0) is 18.0. The average Bonchev–Trinajstić information content (AvgIpc) is 3.18. The van der Waals surface area contributed by atoms with Gasteiger partial charge in [-0.05, 0) is 48.1 Å². The second kappa shape index (κ2) is 6.65. The third-order valence-electron chi connectivity index (χ3n) is 5.40. The minimum atomic E-state index is -0.179. The van der Waals surface area contributed by atoms with E-state index in [1.165, 1.54) is 11.3 Å². The van der Waals surface area contributed by atoms with Gasteiger partial charge in [-0.3, -0.25) is 4.99 Å². The maximum absolute atomic E-state index is 9.42. The van der Waals surface area contributed by atoms with Crippen molar-refractivity contribution >= 4 is 6.21 Å². The molecule has 0 amide bonds. The third kappa shape index (κ3) is 2.55. The fourth-order valence-electron chi connectivity index (χ4n) is 4.22. The van der Waals surface area contributed by atoms with Gasteiger partial charge in [-0.25, -0.2) is 0 Å². The van der Waals surface area contributed by atoms with Crippen molar-refractivity contribution < 1.29 is 0 Å². The number of benzene rings is 2. The molecule has 0 spiro atoms. The molecule has 0 aliphatic carbocycles. The third-order valence-corrected chi connectivity index (χ3v) is 5.40. The summed E-state index contributed by atoms with van der Waals surface area (Å²) < 4.78 is 0. The summed E-state index contributed by atoms with van der Waals surface area (Å²) in [6.45, 7) is 4.71. The number of hydrogen-bond donors (Lipinski definition) is 0. The Labute approximate surface area is 154 Å². The van der Waals surface area contributed by atoms with E-state index >= 15 is 0 Å². The van der Waals surface area contributed by atoms with E-state index in [0.717, 1.165) is 30.4 Å². The molecule has 1 atom stereocenters.